The third-order valence-electron chi connectivity index (χ3n) is 4.21. The Morgan fingerprint density at radius 2 is 1.86 bits per heavy atom. The summed E-state index contributed by atoms with van der Waals surface area (Å²) in [5, 5.41) is 3.18. The fourth-order valence-electron chi connectivity index (χ4n) is 2.78. The number of para-hydroxylation sites is 1. The maximum Gasteiger partial charge on any atom is 0.351 e. The predicted octanol–water partition coefficient (Wildman–Crippen LogP) is 2.76. The standard InChI is InChI=1S/C22H21NO6/c1-14-7-8-18(15(2)11-14)27-10-9-23-20(24)13-28-21(25)17-12-16-5-3-4-6-19(16)29-22(17)26/h3-8,11-12H,9-10,13H2,1-2H3,(H,23,24). The third kappa shape index (κ3) is 5.22. The Morgan fingerprint density at radius 3 is 2.66 bits per heavy atom. The first-order valence-corrected chi connectivity index (χ1v) is 9.11. The number of hydrogen-bond acceptors (Lipinski definition) is 6. The maximum atomic E-state index is 12.1. The van der Waals surface area contributed by atoms with Crippen molar-refractivity contribution in [3.05, 3.63) is 75.6 Å². The van der Waals surface area contributed by atoms with Gasteiger partial charge in [-0.25, -0.2) is 9.59 Å². The van der Waals surface area contributed by atoms with Crippen LogP contribution in [0.1, 0.15) is 21.5 Å². The molecule has 0 atom stereocenters. The van der Waals surface area contributed by atoms with Gasteiger partial charge in [0.25, 0.3) is 5.91 Å². The van der Waals surface area contributed by atoms with Crippen molar-refractivity contribution in [1.29, 1.82) is 0 Å². The first kappa shape index (κ1) is 20.1. The lowest BCUT2D eigenvalue weighted by Gasteiger charge is -2.10. The molecule has 0 aliphatic carbocycles. The van der Waals surface area contributed by atoms with Crippen LogP contribution in [-0.4, -0.2) is 31.6 Å². The zero-order chi connectivity index (χ0) is 20.8. The third-order valence-corrected chi connectivity index (χ3v) is 4.21. The zero-order valence-electron chi connectivity index (χ0n) is 16.2. The summed E-state index contributed by atoms with van der Waals surface area (Å²) in [4.78, 5) is 35.9. The highest BCUT2D eigenvalue weighted by atomic mass is 16.5. The van der Waals surface area contributed by atoms with Gasteiger partial charge in [-0.1, -0.05) is 35.9 Å². The molecule has 3 aromatic rings. The summed E-state index contributed by atoms with van der Waals surface area (Å²) in [5.74, 6) is -0.654. The SMILES string of the molecule is Cc1ccc(OCCNC(=O)COC(=O)c2cc3ccccc3oc2=O)c(C)c1. The van der Waals surface area contributed by atoms with E-state index in [1.165, 1.54) is 6.07 Å². The van der Waals surface area contributed by atoms with E-state index < -0.39 is 24.1 Å². The second-order valence-electron chi connectivity index (χ2n) is 6.53. The molecule has 150 valence electrons. The van der Waals surface area contributed by atoms with E-state index in [9.17, 15) is 14.4 Å². The second-order valence-corrected chi connectivity index (χ2v) is 6.53. The van der Waals surface area contributed by atoms with Crippen molar-refractivity contribution in [3.8, 4) is 5.75 Å². The molecule has 0 radical (unpaired) electrons. The van der Waals surface area contributed by atoms with Crippen molar-refractivity contribution in [2.24, 2.45) is 0 Å². The van der Waals surface area contributed by atoms with E-state index >= 15 is 0 Å². The van der Waals surface area contributed by atoms with Gasteiger partial charge in [0.2, 0.25) is 0 Å². The van der Waals surface area contributed by atoms with Crippen LogP contribution in [0, 0.1) is 13.8 Å². The number of rotatable bonds is 7. The second kappa shape index (κ2) is 9.05. The smallest absolute Gasteiger partial charge is 0.351 e. The summed E-state index contributed by atoms with van der Waals surface area (Å²) in [6.07, 6.45) is 0. The quantitative estimate of drug-likeness (QED) is 0.376. The summed E-state index contributed by atoms with van der Waals surface area (Å²) in [5.41, 5.74) is 1.46. The number of fused-ring (bicyclic) bond motifs is 1. The Morgan fingerprint density at radius 1 is 1.07 bits per heavy atom. The number of carbonyl (C=O) groups is 2. The van der Waals surface area contributed by atoms with E-state index in [-0.39, 0.29) is 18.7 Å². The van der Waals surface area contributed by atoms with Crippen LogP contribution in [0.25, 0.3) is 11.0 Å². The average Bonchev–Trinajstić information content (AvgIpc) is 2.70. The van der Waals surface area contributed by atoms with Gasteiger partial charge in [-0.2, -0.15) is 0 Å². The molecule has 0 saturated carbocycles. The van der Waals surface area contributed by atoms with Crippen molar-refractivity contribution >= 4 is 22.8 Å². The molecular formula is C22H21NO6. The lowest BCUT2D eigenvalue weighted by Crippen LogP contribution is -2.32. The highest BCUT2D eigenvalue weighted by Gasteiger charge is 2.16. The van der Waals surface area contributed by atoms with Gasteiger partial charge in [-0.15, -0.1) is 0 Å². The van der Waals surface area contributed by atoms with Crippen LogP contribution < -0.4 is 15.7 Å². The van der Waals surface area contributed by atoms with Gasteiger partial charge in [-0.3, -0.25) is 4.79 Å². The minimum atomic E-state index is -0.911. The Hall–Kier alpha value is -3.61. The molecule has 0 fully saturated rings. The van der Waals surface area contributed by atoms with E-state index in [0.29, 0.717) is 11.0 Å². The first-order chi connectivity index (χ1) is 13.9. The molecule has 0 aliphatic heterocycles. The van der Waals surface area contributed by atoms with Crippen LogP contribution in [-0.2, 0) is 9.53 Å². The van der Waals surface area contributed by atoms with Crippen LogP contribution >= 0.6 is 0 Å². The van der Waals surface area contributed by atoms with Crippen molar-refractivity contribution in [3.63, 3.8) is 0 Å². The molecule has 7 heteroatoms. The monoisotopic (exact) mass is 395 g/mol. The van der Waals surface area contributed by atoms with Gasteiger partial charge in [0, 0.05) is 5.39 Å². The van der Waals surface area contributed by atoms with Crippen LogP contribution in [0.2, 0.25) is 0 Å². The van der Waals surface area contributed by atoms with Gasteiger partial charge in [0.1, 0.15) is 23.5 Å². The number of ether oxygens (including phenoxy) is 2. The number of aryl methyl sites for hydroxylation is 2. The molecular weight excluding hydrogens is 374 g/mol. The van der Waals surface area contributed by atoms with Crippen LogP contribution in [0.4, 0.5) is 0 Å². The number of hydrogen-bond donors (Lipinski definition) is 1. The van der Waals surface area contributed by atoms with Crippen molar-refractivity contribution < 1.29 is 23.5 Å². The largest absolute Gasteiger partial charge is 0.491 e. The molecule has 1 N–H and O–H groups in total. The van der Waals surface area contributed by atoms with Crippen LogP contribution in [0.5, 0.6) is 5.75 Å². The molecule has 1 aromatic heterocycles. The zero-order valence-corrected chi connectivity index (χ0v) is 16.2. The highest BCUT2D eigenvalue weighted by molar-refractivity contribution is 5.94. The van der Waals surface area contributed by atoms with E-state index in [1.54, 1.807) is 24.3 Å². The molecule has 3 rings (SSSR count). The Balaban J connectivity index is 1.46. The maximum absolute atomic E-state index is 12.1. The summed E-state index contributed by atoms with van der Waals surface area (Å²) < 4.78 is 15.6. The number of carbonyl (C=O) groups excluding carboxylic acids is 2. The number of esters is 1. The van der Waals surface area contributed by atoms with Crippen molar-refractivity contribution in [1.82, 2.24) is 5.32 Å². The Kier molecular flexibility index (Phi) is 6.29. The molecule has 0 spiro atoms. The molecule has 1 amide bonds. The molecule has 1 heterocycles. The summed E-state index contributed by atoms with van der Waals surface area (Å²) in [6, 6.07) is 14.0. The van der Waals surface area contributed by atoms with Crippen molar-refractivity contribution in [2.45, 2.75) is 13.8 Å². The molecule has 0 aliphatic rings. The van der Waals surface area contributed by atoms with Crippen LogP contribution in [0.3, 0.4) is 0 Å². The van der Waals surface area contributed by atoms with Gasteiger partial charge in [0.15, 0.2) is 6.61 Å². The van der Waals surface area contributed by atoms with Gasteiger partial charge >= 0.3 is 11.6 Å². The molecule has 0 saturated heterocycles. The van der Waals surface area contributed by atoms with E-state index in [0.717, 1.165) is 16.9 Å². The molecule has 29 heavy (non-hydrogen) atoms. The lowest BCUT2D eigenvalue weighted by atomic mass is 10.1. The molecule has 2 aromatic carbocycles. The fraction of sp³-hybridized carbons (Fsp3) is 0.227. The average molecular weight is 395 g/mol. The fourth-order valence-corrected chi connectivity index (χ4v) is 2.78. The predicted molar refractivity (Wildman–Crippen MR) is 107 cm³/mol. The molecule has 0 bridgehead atoms. The van der Waals surface area contributed by atoms with E-state index in [1.807, 2.05) is 32.0 Å². The minimum Gasteiger partial charge on any atom is -0.491 e. The lowest BCUT2D eigenvalue weighted by molar-refractivity contribution is -0.124. The van der Waals surface area contributed by atoms with E-state index in [2.05, 4.69) is 5.32 Å². The number of amides is 1. The first-order valence-electron chi connectivity index (χ1n) is 9.11. The van der Waals surface area contributed by atoms with Gasteiger partial charge in [-0.05, 0) is 37.6 Å². The summed E-state index contributed by atoms with van der Waals surface area (Å²) in [6.45, 7) is 3.97. The Bertz CT molecular complexity index is 1100. The molecule has 7 nitrogen and oxygen atoms in total. The van der Waals surface area contributed by atoms with Gasteiger partial charge < -0.3 is 19.2 Å². The van der Waals surface area contributed by atoms with E-state index in [4.69, 9.17) is 13.9 Å². The highest BCUT2D eigenvalue weighted by Crippen LogP contribution is 2.18. The molecule has 0 unspecified atom stereocenters. The summed E-state index contributed by atoms with van der Waals surface area (Å²) >= 11 is 0. The number of nitrogens with one attached hydrogen (secondary N) is 1. The van der Waals surface area contributed by atoms with Crippen LogP contribution in [0.15, 0.2) is 57.7 Å². The Labute approximate surface area is 167 Å². The van der Waals surface area contributed by atoms with Crippen molar-refractivity contribution in [2.75, 3.05) is 19.8 Å². The normalized spacial score (nSPS) is 10.6. The minimum absolute atomic E-state index is 0.252. The summed E-state index contributed by atoms with van der Waals surface area (Å²) in [7, 11) is 0. The topological polar surface area (TPSA) is 94.8 Å². The van der Waals surface area contributed by atoms with Gasteiger partial charge in [0.05, 0.1) is 6.54 Å². The number of benzene rings is 2.